The van der Waals surface area contributed by atoms with Crippen molar-refractivity contribution in [2.75, 3.05) is 13.1 Å². The van der Waals surface area contributed by atoms with Crippen LogP contribution in [0, 0.1) is 5.92 Å². The lowest BCUT2D eigenvalue weighted by molar-refractivity contribution is -0.139. The summed E-state index contributed by atoms with van der Waals surface area (Å²) >= 11 is 0. The van der Waals surface area contributed by atoms with Gasteiger partial charge in [0.2, 0.25) is 0 Å². The van der Waals surface area contributed by atoms with Crippen LogP contribution in [-0.4, -0.2) is 30.6 Å². The Bertz CT molecular complexity index is 233. The molecule has 2 atom stereocenters. The molecule has 1 spiro atoms. The van der Waals surface area contributed by atoms with Gasteiger partial charge in [0.25, 0.3) is 0 Å². The van der Waals surface area contributed by atoms with E-state index in [9.17, 15) is 4.79 Å². The quantitative estimate of drug-likeness (QED) is 0.556. The Balaban J connectivity index is 1.85. The Morgan fingerprint density at radius 2 is 2.17 bits per heavy atom. The van der Waals surface area contributed by atoms with Crippen LogP contribution < -0.4 is 5.32 Å². The molecule has 1 aliphatic carbocycles. The molecule has 1 saturated carbocycles. The predicted molar refractivity (Wildman–Crippen MR) is 42.8 cm³/mol. The highest BCUT2D eigenvalue weighted by Crippen LogP contribution is 2.50. The van der Waals surface area contributed by atoms with Crippen molar-refractivity contribution in [2.45, 2.75) is 31.0 Å². The molecular weight excluding hydrogens is 154 g/mol. The summed E-state index contributed by atoms with van der Waals surface area (Å²) in [5, 5.41) is 3.25. The Morgan fingerprint density at radius 1 is 1.42 bits per heavy atom. The van der Waals surface area contributed by atoms with Crippen LogP contribution in [0.2, 0.25) is 0 Å². The molecule has 3 heteroatoms. The molecule has 0 aromatic carbocycles. The molecule has 2 saturated heterocycles. The highest BCUT2D eigenvalue weighted by atomic mass is 16.5. The van der Waals surface area contributed by atoms with Gasteiger partial charge in [-0.05, 0) is 32.4 Å². The largest absolute Gasteiger partial charge is 0.363 e. The van der Waals surface area contributed by atoms with E-state index in [2.05, 4.69) is 5.32 Å². The van der Waals surface area contributed by atoms with Crippen LogP contribution in [0.3, 0.4) is 0 Å². The van der Waals surface area contributed by atoms with Gasteiger partial charge in [0.15, 0.2) is 5.78 Å². The summed E-state index contributed by atoms with van der Waals surface area (Å²) in [5.41, 5.74) is -0.348. The van der Waals surface area contributed by atoms with E-state index in [0.29, 0.717) is 11.9 Å². The molecule has 2 heterocycles. The zero-order valence-corrected chi connectivity index (χ0v) is 7.01. The van der Waals surface area contributed by atoms with E-state index in [-0.39, 0.29) is 11.5 Å². The highest BCUT2D eigenvalue weighted by Gasteiger charge is 2.62. The first-order chi connectivity index (χ1) is 5.82. The van der Waals surface area contributed by atoms with Crippen LogP contribution in [0.5, 0.6) is 0 Å². The number of hydrogen-bond acceptors (Lipinski definition) is 3. The zero-order chi connectivity index (χ0) is 8.18. The minimum atomic E-state index is -0.348. The third-order valence-electron chi connectivity index (χ3n) is 3.31. The van der Waals surface area contributed by atoms with E-state index >= 15 is 0 Å². The first-order valence-electron chi connectivity index (χ1n) is 4.75. The zero-order valence-electron chi connectivity index (χ0n) is 7.01. The number of ketones is 1. The Morgan fingerprint density at radius 3 is 2.75 bits per heavy atom. The summed E-state index contributed by atoms with van der Waals surface area (Å²) in [6.07, 6.45) is 3.07. The number of fused-ring (bicyclic) bond motifs is 1. The van der Waals surface area contributed by atoms with Gasteiger partial charge < -0.3 is 10.1 Å². The van der Waals surface area contributed by atoms with Gasteiger partial charge in [0, 0.05) is 5.92 Å². The molecule has 66 valence electrons. The molecule has 0 radical (unpaired) electrons. The maximum Gasteiger partial charge on any atom is 0.170 e. The van der Waals surface area contributed by atoms with Crippen LogP contribution in [0.25, 0.3) is 0 Å². The highest BCUT2D eigenvalue weighted by molar-refractivity contribution is 5.94. The van der Waals surface area contributed by atoms with Crippen LogP contribution >= 0.6 is 0 Å². The van der Waals surface area contributed by atoms with Crippen molar-refractivity contribution in [1.82, 2.24) is 5.32 Å². The van der Waals surface area contributed by atoms with Gasteiger partial charge in [-0.25, -0.2) is 0 Å². The van der Waals surface area contributed by atoms with E-state index in [4.69, 9.17) is 4.74 Å². The average molecular weight is 167 g/mol. The van der Waals surface area contributed by atoms with Crippen molar-refractivity contribution in [3.05, 3.63) is 0 Å². The van der Waals surface area contributed by atoms with Gasteiger partial charge in [-0.15, -0.1) is 0 Å². The molecule has 0 aromatic heterocycles. The average Bonchev–Trinajstić information content (AvgIpc) is 2.79. The Kier molecular flexibility index (Phi) is 1.23. The lowest BCUT2D eigenvalue weighted by atomic mass is 9.87. The lowest BCUT2D eigenvalue weighted by Crippen LogP contribution is -2.47. The van der Waals surface area contributed by atoms with Gasteiger partial charge in [0.1, 0.15) is 5.60 Å². The van der Waals surface area contributed by atoms with Gasteiger partial charge >= 0.3 is 0 Å². The van der Waals surface area contributed by atoms with Crippen molar-refractivity contribution in [3.8, 4) is 0 Å². The van der Waals surface area contributed by atoms with E-state index in [1.165, 1.54) is 0 Å². The number of rotatable bonds is 0. The van der Waals surface area contributed by atoms with E-state index < -0.39 is 0 Å². The molecule has 0 aromatic rings. The first kappa shape index (κ1) is 7.04. The van der Waals surface area contributed by atoms with Crippen LogP contribution in [0.4, 0.5) is 0 Å². The first-order valence-corrected chi connectivity index (χ1v) is 4.75. The van der Waals surface area contributed by atoms with Gasteiger partial charge in [-0.3, -0.25) is 4.79 Å². The van der Waals surface area contributed by atoms with Crippen LogP contribution in [-0.2, 0) is 9.53 Å². The van der Waals surface area contributed by atoms with Gasteiger partial charge in [0.05, 0.1) is 6.10 Å². The summed E-state index contributed by atoms with van der Waals surface area (Å²) in [7, 11) is 0. The third-order valence-corrected chi connectivity index (χ3v) is 3.31. The standard InChI is InChI=1S/C9H13NO2/c11-8-6-5-7(6)12-9(8)1-3-10-4-2-9/h6-7,10H,1-5H2. The van der Waals surface area contributed by atoms with E-state index in [0.717, 1.165) is 32.4 Å². The number of ether oxygens (including phenoxy) is 1. The fourth-order valence-corrected chi connectivity index (χ4v) is 2.46. The fraction of sp³-hybridized carbons (Fsp3) is 0.889. The fourth-order valence-electron chi connectivity index (χ4n) is 2.46. The van der Waals surface area contributed by atoms with Gasteiger partial charge in [-0.1, -0.05) is 0 Å². The minimum absolute atomic E-state index is 0.281. The van der Waals surface area contributed by atoms with Crippen molar-refractivity contribution >= 4 is 5.78 Å². The number of nitrogens with one attached hydrogen (secondary N) is 1. The topological polar surface area (TPSA) is 38.3 Å². The molecule has 0 amide bonds. The molecule has 3 rings (SSSR count). The maximum atomic E-state index is 11.8. The number of piperidine rings is 1. The molecule has 2 aliphatic heterocycles. The summed E-state index contributed by atoms with van der Waals surface area (Å²) < 4.78 is 5.79. The van der Waals surface area contributed by atoms with Crippen LogP contribution in [0.1, 0.15) is 19.3 Å². The lowest BCUT2D eigenvalue weighted by Gasteiger charge is -2.32. The summed E-state index contributed by atoms with van der Waals surface area (Å²) in [5.74, 6) is 0.678. The molecule has 2 unspecified atom stereocenters. The van der Waals surface area contributed by atoms with Crippen molar-refractivity contribution in [3.63, 3.8) is 0 Å². The molecular formula is C9H13NO2. The summed E-state index contributed by atoms with van der Waals surface area (Å²) in [6, 6.07) is 0. The minimum Gasteiger partial charge on any atom is -0.363 e. The smallest absolute Gasteiger partial charge is 0.170 e. The summed E-state index contributed by atoms with van der Waals surface area (Å²) in [4.78, 5) is 11.8. The molecule has 3 aliphatic rings. The van der Waals surface area contributed by atoms with Crippen molar-refractivity contribution in [1.29, 1.82) is 0 Å². The normalized spacial score (nSPS) is 43.2. The molecule has 1 N–H and O–H groups in total. The number of carbonyl (C=O) groups is 1. The number of carbonyl (C=O) groups excluding carboxylic acids is 1. The second-order valence-corrected chi connectivity index (χ2v) is 4.11. The predicted octanol–water partition coefficient (Wildman–Crippen LogP) is 0.0964. The second kappa shape index (κ2) is 2.09. The number of Topliss-reactive ketones (excluding diaryl/α,β-unsaturated/α-hetero) is 1. The molecule has 3 nitrogen and oxygen atoms in total. The molecule has 0 bridgehead atoms. The van der Waals surface area contributed by atoms with E-state index in [1.807, 2.05) is 0 Å². The third kappa shape index (κ3) is 0.756. The van der Waals surface area contributed by atoms with Crippen molar-refractivity contribution in [2.24, 2.45) is 5.92 Å². The monoisotopic (exact) mass is 167 g/mol. The molecule has 3 fully saturated rings. The SMILES string of the molecule is O=C1C2CC2OC12CCNCC2. The second-order valence-electron chi connectivity index (χ2n) is 4.11. The maximum absolute atomic E-state index is 11.8. The number of hydrogen-bond donors (Lipinski definition) is 1. The van der Waals surface area contributed by atoms with Crippen molar-refractivity contribution < 1.29 is 9.53 Å². The Hall–Kier alpha value is -0.410. The molecule has 12 heavy (non-hydrogen) atoms. The van der Waals surface area contributed by atoms with Gasteiger partial charge in [-0.2, -0.15) is 0 Å². The summed E-state index contributed by atoms with van der Waals surface area (Å²) in [6.45, 7) is 1.87. The van der Waals surface area contributed by atoms with Crippen LogP contribution in [0.15, 0.2) is 0 Å². The Labute approximate surface area is 71.5 Å². The van der Waals surface area contributed by atoms with E-state index in [1.54, 1.807) is 0 Å².